The summed E-state index contributed by atoms with van der Waals surface area (Å²) in [6.07, 6.45) is 2.12. The fourth-order valence-corrected chi connectivity index (χ4v) is 4.30. The molecule has 0 radical (unpaired) electrons. The molecule has 4 atom stereocenters. The van der Waals surface area contributed by atoms with E-state index in [0.717, 1.165) is 5.56 Å². The fourth-order valence-electron chi connectivity index (χ4n) is 4.30. The Balaban J connectivity index is 1.80. The largest absolute Gasteiger partial charge is 0.493 e. The van der Waals surface area contributed by atoms with Crippen LogP contribution in [-0.2, 0) is 30.2 Å². The maximum atomic E-state index is 13.2. The number of nitrogens with zero attached hydrogens (tertiary/aromatic N) is 1. The fraction of sp³-hybridized carbons (Fsp3) is 0.481. The number of carbonyl (C=O) groups excluding carboxylic acids is 3. The maximum Gasteiger partial charge on any atom is 0.329 e. The van der Waals surface area contributed by atoms with Crippen LogP contribution < -0.4 is 14.8 Å². The smallest absolute Gasteiger partial charge is 0.329 e. The van der Waals surface area contributed by atoms with Gasteiger partial charge in [0.2, 0.25) is 5.75 Å². The van der Waals surface area contributed by atoms with Gasteiger partial charge < -0.3 is 29.0 Å². The van der Waals surface area contributed by atoms with Gasteiger partial charge in [-0.15, -0.1) is 0 Å². The van der Waals surface area contributed by atoms with Crippen molar-refractivity contribution in [1.29, 1.82) is 0 Å². The second-order valence-corrected chi connectivity index (χ2v) is 8.79. The SMILES string of the molecule is COCC[C@H]1OCC[C@H](NC(=O)c2nccc(OC)c2OC(C)=O)C(=O)O[C@@H](C)[C@@H]1Cc1ccccc1. The molecule has 1 fully saturated rings. The number of hydrogen-bond donors (Lipinski definition) is 1. The Morgan fingerprint density at radius 3 is 2.59 bits per heavy atom. The van der Waals surface area contributed by atoms with E-state index in [-0.39, 0.29) is 42.2 Å². The Labute approximate surface area is 216 Å². The summed E-state index contributed by atoms with van der Waals surface area (Å²) in [6.45, 7) is 3.75. The zero-order valence-corrected chi connectivity index (χ0v) is 21.6. The lowest BCUT2D eigenvalue weighted by atomic mass is 9.88. The highest BCUT2D eigenvalue weighted by molar-refractivity contribution is 5.98. The van der Waals surface area contributed by atoms with Crippen molar-refractivity contribution in [3.63, 3.8) is 0 Å². The van der Waals surface area contributed by atoms with Crippen LogP contribution >= 0.6 is 0 Å². The van der Waals surface area contributed by atoms with E-state index in [0.29, 0.717) is 19.4 Å². The van der Waals surface area contributed by atoms with Crippen molar-refractivity contribution in [2.45, 2.75) is 51.4 Å². The molecule has 0 aliphatic carbocycles. The van der Waals surface area contributed by atoms with Gasteiger partial charge in [-0.3, -0.25) is 9.59 Å². The van der Waals surface area contributed by atoms with Crippen LogP contribution in [0.25, 0.3) is 0 Å². The molecule has 200 valence electrons. The van der Waals surface area contributed by atoms with Gasteiger partial charge in [0.25, 0.3) is 5.91 Å². The van der Waals surface area contributed by atoms with E-state index in [1.54, 1.807) is 7.11 Å². The molecule has 1 amide bonds. The molecule has 37 heavy (non-hydrogen) atoms. The summed E-state index contributed by atoms with van der Waals surface area (Å²) in [6, 6.07) is 10.4. The summed E-state index contributed by atoms with van der Waals surface area (Å²) < 4.78 is 27.7. The Kier molecular flexibility index (Phi) is 10.4. The first-order valence-corrected chi connectivity index (χ1v) is 12.2. The topological polar surface area (TPSA) is 122 Å². The van der Waals surface area contributed by atoms with E-state index in [4.69, 9.17) is 23.7 Å². The third-order valence-corrected chi connectivity index (χ3v) is 6.18. The number of benzene rings is 1. The molecule has 10 heteroatoms. The zero-order chi connectivity index (χ0) is 26.8. The van der Waals surface area contributed by atoms with Gasteiger partial charge in [0.1, 0.15) is 12.1 Å². The number of methoxy groups -OCH3 is 2. The number of amides is 1. The van der Waals surface area contributed by atoms with Crippen LogP contribution in [0.3, 0.4) is 0 Å². The van der Waals surface area contributed by atoms with Gasteiger partial charge in [-0.2, -0.15) is 0 Å². The number of cyclic esters (lactones) is 1. The van der Waals surface area contributed by atoms with Crippen LogP contribution in [0.1, 0.15) is 42.7 Å². The minimum absolute atomic E-state index is 0.119. The Morgan fingerprint density at radius 2 is 1.92 bits per heavy atom. The second kappa shape index (κ2) is 13.7. The van der Waals surface area contributed by atoms with Crippen LogP contribution in [0.15, 0.2) is 42.6 Å². The molecule has 3 rings (SSSR count). The molecule has 10 nitrogen and oxygen atoms in total. The average Bonchev–Trinajstić information content (AvgIpc) is 2.93. The van der Waals surface area contributed by atoms with E-state index in [1.807, 2.05) is 37.3 Å². The first-order chi connectivity index (χ1) is 17.8. The molecule has 1 saturated heterocycles. The van der Waals surface area contributed by atoms with Crippen molar-refractivity contribution in [1.82, 2.24) is 10.3 Å². The molecular formula is C27H34N2O8. The number of pyridine rings is 1. The summed E-state index contributed by atoms with van der Waals surface area (Å²) in [4.78, 5) is 41.9. The quantitative estimate of drug-likeness (QED) is 0.503. The molecular weight excluding hydrogens is 480 g/mol. The van der Waals surface area contributed by atoms with E-state index < -0.39 is 30.0 Å². The Bertz CT molecular complexity index is 1060. The first-order valence-electron chi connectivity index (χ1n) is 12.2. The van der Waals surface area contributed by atoms with Crippen molar-refractivity contribution in [3.05, 3.63) is 53.9 Å². The number of hydrogen-bond acceptors (Lipinski definition) is 9. The van der Waals surface area contributed by atoms with Gasteiger partial charge in [0, 0.05) is 51.8 Å². The van der Waals surface area contributed by atoms with E-state index in [2.05, 4.69) is 10.3 Å². The predicted molar refractivity (Wildman–Crippen MR) is 133 cm³/mol. The molecule has 0 saturated carbocycles. The summed E-state index contributed by atoms with van der Waals surface area (Å²) in [5.41, 5.74) is 0.920. The van der Waals surface area contributed by atoms with Gasteiger partial charge in [-0.25, -0.2) is 9.78 Å². The molecule has 1 aliphatic heterocycles. The lowest BCUT2D eigenvalue weighted by molar-refractivity contribution is -0.154. The van der Waals surface area contributed by atoms with Gasteiger partial charge in [0.15, 0.2) is 11.4 Å². The minimum atomic E-state index is -0.994. The second-order valence-electron chi connectivity index (χ2n) is 8.79. The standard InChI is InChI=1S/C27H34N2O8/c1-17-20(16-19-8-6-5-7-9-19)22(12-14-33-3)35-15-11-21(27(32)36-17)29-26(31)24-25(37-18(2)30)23(34-4)10-13-28-24/h5-10,13,17,20-22H,11-12,14-16H2,1-4H3,(H,29,31)/t17-,20-,21-,22+/m0/s1. The van der Waals surface area contributed by atoms with Gasteiger partial charge in [0.05, 0.1) is 13.2 Å². The lowest BCUT2D eigenvalue weighted by Crippen LogP contribution is -2.44. The number of aromatic nitrogens is 1. The van der Waals surface area contributed by atoms with Crippen LogP contribution in [0.5, 0.6) is 11.5 Å². The highest BCUT2D eigenvalue weighted by Crippen LogP contribution is 2.30. The van der Waals surface area contributed by atoms with Crippen molar-refractivity contribution >= 4 is 17.8 Å². The zero-order valence-electron chi connectivity index (χ0n) is 21.6. The molecule has 0 unspecified atom stereocenters. The third-order valence-electron chi connectivity index (χ3n) is 6.18. The van der Waals surface area contributed by atoms with Crippen molar-refractivity contribution in [2.24, 2.45) is 5.92 Å². The van der Waals surface area contributed by atoms with Gasteiger partial charge >= 0.3 is 11.9 Å². The molecule has 0 spiro atoms. The monoisotopic (exact) mass is 514 g/mol. The first kappa shape index (κ1) is 28.1. The van der Waals surface area contributed by atoms with E-state index in [9.17, 15) is 14.4 Å². The maximum absolute atomic E-state index is 13.2. The Morgan fingerprint density at radius 1 is 1.16 bits per heavy atom. The number of esters is 2. The van der Waals surface area contributed by atoms with Gasteiger partial charge in [-0.1, -0.05) is 30.3 Å². The van der Waals surface area contributed by atoms with Crippen LogP contribution in [0.2, 0.25) is 0 Å². The predicted octanol–water partition coefficient (Wildman–Crippen LogP) is 2.73. The molecule has 2 heterocycles. The van der Waals surface area contributed by atoms with Crippen LogP contribution in [0, 0.1) is 5.92 Å². The number of rotatable bonds is 9. The molecule has 2 aromatic rings. The van der Waals surface area contributed by atoms with Crippen LogP contribution in [0.4, 0.5) is 0 Å². The summed E-state index contributed by atoms with van der Waals surface area (Å²) in [5.74, 6) is -2.01. The van der Waals surface area contributed by atoms with Gasteiger partial charge in [-0.05, 0) is 25.3 Å². The Hall–Kier alpha value is -3.50. The molecule has 1 aliphatic rings. The highest BCUT2D eigenvalue weighted by Gasteiger charge is 2.35. The van der Waals surface area contributed by atoms with Crippen molar-refractivity contribution < 1.29 is 38.1 Å². The molecule has 1 aromatic heterocycles. The van der Waals surface area contributed by atoms with E-state index in [1.165, 1.54) is 26.3 Å². The number of carbonyl (C=O) groups is 3. The summed E-state index contributed by atoms with van der Waals surface area (Å²) in [7, 11) is 3.01. The average molecular weight is 515 g/mol. The lowest BCUT2D eigenvalue weighted by Gasteiger charge is -2.31. The van der Waals surface area contributed by atoms with Crippen molar-refractivity contribution in [3.8, 4) is 11.5 Å². The summed E-state index contributed by atoms with van der Waals surface area (Å²) in [5, 5.41) is 2.66. The normalized spacial score (nSPS) is 22.1. The molecule has 1 aromatic carbocycles. The van der Waals surface area contributed by atoms with Crippen molar-refractivity contribution in [2.75, 3.05) is 27.4 Å². The van der Waals surface area contributed by atoms with E-state index >= 15 is 0 Å². The third kappa shape index (κ3) is 7.74. The highest BCUT2D eigenvalue weighted by atomic mass is 16.6. The molecule has 0 bridgehead atoms. The van der Waals surface area contributed by atoms with Crippen LogP contribution in [-0.4, -0.2) is 68.5 Å². The number of ether oxygens (including phenoxy) is 5. The molecule has 1 N–H and O–H groups in total. The minimum Gasteiger partial charge on any atom is -0.493 e. The number of nitrogens with one attached hydrogen (secondary N) is 1. The summed E-state index contributed by atoms with van der Waals surface area (Å²) >= 11 is 0.